The van der Waals surface area contributed by atoms with Crippen LogP contribution in [0.3, 0.4) is 0 Å². The van der Waals surface area contributed by atoms with Crippen LogP contribution in [0.25, 0.3) is 0 Å². The minimum atomic E-state index is -0.412. The van der Waals surface area contributed by atoms with Crippen LogP contribution >= 0.6 is 0 Å². The fraction of sp³-hybridized carbons (Fsp3) is 0.857. The van der Waals surface area contributed by atoms with Gasteiger partial charge in [0.1, 0.15) is 11.9 Å². The van der Waals surface area contributed by atoms with Gasteiger partial charge in [-0.3, -0.25) is 9.59 Å². The van der Waals surface area contributed by atoms with Crippen molar-refractivity contribution in [3.8, 4) is 0 Å². The van der Waals surface area contributed by atoms with Crippen LogP contribution in [-0.2, 0) is 14.3 Å². The maximum atomic E-state index is 11.7. The van der Waals surface area contributed by atoms with Gasteiger partial charge in [0.05, 0.1) is 6.10 Å². The summed E-state index contributed by atoms with van der Waals surface area (Å²) in [7, 11) is 0. The molecule has 1 aliphatic carbocycles. The molecule has 1 aliphatic rings. The van der Waals surface area contributed by atoms with Gasteiger partial charge in [-0.05, 0) is 26.2 Å². The Morgan fingerprint density at radius 1 is 1.39 bits per heavy atom. The minimum absolute atomic E-state index is 0.0389. The molecule has 1 fully saturated rings. The fourth-order valence-corrected chi connectivity index (χ4v) is 2.13. The zero-order chi connectivity index (χ0) is 13.4. The predicted molar refractivity (Wildman–Crippen MR) is 70.3 cm³/mol. The van der Waals surface area contributed by atoms with Crippen LogP contribution < -0.4 is 5.32 Å². The van der Waals surface area contributed by atoms with Crippen molar-refractivity contribution in [3.63, 3.8) is 0 Å². The van der Waals surface area contributed by atoms with E-state index in [1.165, 1.54) is 0 Å². The molecule has 1 rings (SSSR count). The maximum absolute atomic E-state index is 11.7. The SMILES string of the molecule is CCCCCNC(=O)C(C)OC1CCC(=O)CC1. The summed E-state index contributed by atoms with van der Waals surface area (Å²) in [5.74, 6) is 0.273. The van der Waals surface area contributed by atoms with Crippen molar-refractivity contribution in [1.82, 2.24) is 5.32 Å². The highest BCUT2D eigenvalue weighted by molar-refractivity contribution is 5.80. The van der Waals surface area contributed by atoms with Gasteiger partial charge >= 0.3 is 0 Å². The standard InChI is InChI=1S/C14H25NO3/c1-3-4-5-10-15-14(17)11(2)18-13-8-6-12(16)7-9-13/h11,13H,3-10H2,1-2H3,(H,15,17). The highest BCUT2D eigenvalue weighted by Crippen LogP contribution is 2.19. The lowest BCUT2D eigenvalue weighted by atomic mass is 9.96. The maximum Gasteiger partial charge on any atom is 0.248 e. The predicted octanol–water partition coefficient (Wildman–Crippen LogP) is 2.21. The summed E-state index contributed by atoms with van der Waals surface area (Å²) in [6, 6.07) is 0. The van der Waals surface area contributed by atoms with Crippen LogP contribution in [0.4, 0.5) is 0 Å². The quantitative estimate of drug-likeness (QED) is 0.710. The summed E-state index contributed by atoms with van der Waals surface area (Å²) in [5.41, 5.74) is 0. The summed E-state index contributed by atoms with van der Waals surface area (Å²) in [5, 5.41) is 2.88. The number of carbonyl (C=O) groups is 2. The Bertz CT molecular complexity index is 268. The number of ketones is 1. The second kappa shape index (κ2) is 8.25. The van der Waals surface area contributed by atoms with Gasteiger partial charge in [-0.15, -0.1) is 0 Å². The summed E-state index contributed by atoms with van der Waals surface area (Å²) < 4.78 is 5.69. The van der Waals surface area contributed by atoms with Crippen molar-refractivity contribution >= 4 is 11.7 Å². The van der Waals surface area contributed by atoms with Crippen LogP contribution in [0.15, 0.2) is 0 Å². The lowest BCUT2D eigenvalue weighted by Gasteiger charge is -2.24. The Balaban J connectivity index is 2.16. The molecule has 4 heteroatoms. The van der Waals surface area contributed by atoms with Crippen molar-refractivity contribution in [2.24, 2.45) is 0 Å². The highest BCUT2D eigenvalue weighted by atomic mass is 16.5. The van der Waals surface area contributed by atoms with Gasteiger partial charge in [-0.2, -0.15) is 0 Å². The average molecular weight is 255 g/mol. The third-order valence-electron chi connectivity index (χ3n) is 3.34. The third kappa shape index (κ3) is 5.63. The van der Waals surface area contributed by atoms with Crippen molar-refractivity contribution in [1.29, 1.82) is 0 Å². The summed E-state index contributed by atoms with van der Waals surface area (Å²) in [6.45, 7) is 4.65. The number of ether oxygens (including phenoxy) is 1. The first-order chi connectivity index (χ1) is 8.63. The Hall–Kier alpha value is -0.900. The van der Waals surface area contributed by atoms with Crippen LogP contribution in [-0.4, -0.2) is 30.4 Å². The monoisotopic (exact) mass is 255 g/mol. The molecule has 1 saturated carbocycles. The second-order valence-corrected chi connectivity index (χ2v) is 5.01. The fourth-order valence-electron chi connectivity index (χ4n) is 2.13. The van der Waals surface area contributed by atoms with E-state index in [4.69, 9.17) is 4.74 Å². The molecule has 0 aromatic rings. The first-order valence-corrected chi connectivity index (χ1v) is 7.08. The third-order valence-corrected chi connectivity index (χ3v) is 3.34. The molecule has 104 valence electrons. The van der Waals surface area contributed by atoms with Crippen molar-refractivity contribution in [3.05, 3.63) is 0 Å². The molecule has 0 heterocycles. The van der Waals surface area contributed by atoms with Gasteiger partial charge in [-0.25, -0.2) is 0 Å². The van der Waals surface area contributed by atoms with Crippen LogP contribution in [0.1, 0.15) is 58.8 Å². The number of hydrogen-bond acceptors (Lipinski definition) is 3. The molecule has 1 amide bonds. The molecular formula is C14H25NO3. The van der Waals surface area contributed by atoms with Crippen LogP contribution in [0, 0.1) is 0 Å². The molecule has 0 spiro atoms. The van der Waals surface area contributed by atoms with Crippen molar-refractivity contribution in [2.45, 2.75) is 71.0 Å². The Morgan fingerprint density at radius 3 is 2.67 bits per heavy atom. The van der Waals surface area contributed by atoms with E-state index < -0.39 is 6.10 Å². The summed E-state index contributed by atoms with van der Waals surface area (Å²) in [4.78, 5) is 22.8. The first kappa shape index (κ1) is 15.2. The summed E-state index contributed by atoms with van der Waals surface area (Å²) in [6.07, 6.45) is 5.67. The molecule has 0 radical (unpaired) electrons. The molecule has 0 aliphatic heterocycles. The van der Waals surface area contributed by atoms with Crippen LogP contribution in [0.5, 0.6) is 0 Å². The largest absolute Gasteiger partial charge is 0.365 e. The molecule has 0 aromatic heterocycles. The van der Waals surface area contributed by atoms with E-state index in [1.54, 1.807) is 6.92 Å². The average Bonchev–Trinajstić information content (AvgIpc) is 2.37. The summed E-state index contributed by atoms with van der Waals surface area (Å²) >= 11 is 0. The van der Waals surface area contributed by atoms with E-state index in [0.717, 1.165) is 38.6 Å². The lowest BCUT2D eigenvalue weighted by Crippen LogP contribution is -2.38. The van der Waals surface area contributed by atoms with Gasteiger partial charge in [0.15, 0.2) is 0 Å². The number of Topliss-reactive ketones (excluding diaryl/α,β-unsaturated/α-hetero) is 1. The van der Waals surface area contributed by atoms with E-state index in [-0.39, 0.29) is 12.0 Å². The molecule has 1 unspecified atom stereocenters. The van der Waals surface area contributed by atoms with Crippen molar-refractivity contribution in [2.75, 3.05) is 6.54 Å². The van der Waals surface area contributed by atoms with E-state index in [1.807, 2.05) is 0 Å². The normalized spacial score (nSPS) is 18.7. The van der Waals surface area contributed by atoms with Gasteiger partial charge in [-0.1, -0.05) is 19.8 Å². The van der Waals surface area contributed by atoms with E-state index >= 15 is 0 Å². The molecule has 0 bridgehead atoms. The lowest BCUT2D eigenvalue weighted by molar-refractivity contribution is -0.138. The van der Waals surface area contributed by atoms with Gasteiger partial charge in [0.25, 0.3) is 0 Å². The molecule has 0 aromatic carbocycles. The van der Waals surface area contributed by atoms with Crippen LogP contribution in [0.2, 0.25) is 0 Å². The number of rotatable bonds is 7. The van der Waals surface area contributed by atoms with Gasteiger partial charge in [0, 0.05) is 19.4 Å². The molecule has 1 N–H and O–H groups in total. The first-order valence-electron chi connectivity index (χ1n) is 7.08. The second-order valence-electron chi connectivity index (χ2n) is 5.01. The topological polar surface area (TPSA) is 55.4 Å². The Kier molecular flexibility index (Phi) is 6.94. The number of carbonyl (C=O) groups excluding carboxylic acids is 2. The zero-order valence-corrected chi connectivity index (χ0v) is 11.5. The van der Waals surface area contributed by atoms with E-state index in [9.17, 15) is 9.59 Å². The minimum Gasteiger partial charge on any atom is -0.365 e. The molecule has 0 saturated heterocycles. The zero-order valence-electron chi connectivity index (χ0n) is 11.5. The molecular weight excluding hydrogens is 230 g/mol. The number of nitrogens with one attached hydrogen (secondary N) is 1. The Labute approximate surface area is 109 Å². The number of hydrogen-bond donors (Lipinski definition) is 1. The number of amides is 1. The van der Waals surface area contributed by atoms with E-state index in [0.29, 0.717) is 18.6 Å². The molecule has 4 nitrogen and oxygen atoms in total. The number of unbranched alkanes of at least 4 members (excludes halogenated alkanes) is 2. The highest BCUT2D eigenvalue weighted by Gasteiger charge is 2.23. The molecule has 18 heavy (non-hydrogen) atoms. The smallest absolute Gasteiger partial charge is 0.248 e. The van der Waals surface area contributed by atoms with E-state index in [2.05, 4.69) is 12.2 Å². The Morgan fingerprint density at radius 2 is 2.06 bits per heavy atom. The van der Waals surface area contributed by atoms with Crippen molar-refractivity contribution < 1.29 is 14.3 Å². The molecule has 1 atom stereocenters. The van der Waals surface area contributed by atoms with Gasteiger partial charge in [0.2, 0.25) is 5.91 Å². The van der Waals surface area contributed by atoms with Gasteiger partial charge < -0.3 is 10.1 Å².